The van der Waals surface area contributed by atoms with Gasteiger partial charge in [0.15, 0.2) is 11.0 Å². The summed E-state index contributed by atoms with van der Waals surface area (Å²) in [6.45, 7) is 9.27. The molecule has 0 radical (unpaired) electrons. The molecule has 3 rings (SSSR count). The van der Waals surface area contributed by atoms with Gasteiger partial charge in [-0.15, -0.1) is 0 Å². The lowest BCUT2D eigenvalue weighted by molar-refractivity contribution is -0.158. The van der Waals surface area contributed by atoms with Crippen molar-refractivity contribution in [3.63, 3.8) is 0 Å². The monoisotopic (exact) mass is 464 g/mol. The van der Waals surface area contributed by atoms with Crippen LogP contribution in [0.25, 0.3) is 0 Å². The smallest absolute Gasteiger partial charge is 0.416 e. The normalized spacial score (nSPS) is 27.3. The molecule has 2 aliphatic heterocycles. The predicted molar refractivity (Wildman–Crippen MR) is 123 cm³/mol. The van der Waals surface area contributed by atoms with E-state index in [2.05, 4.69) is 0 Å². The number of ether oxygens (including phenoxy) is 4. The first-order valence-electron chi connectivity index (χ1n) is 10.6. The van der Waals surface area contributed by atoms with Crippen molar-refractivity contribution in [3.8, 4) is 5.75 Å². The molecule has 1 aromatic rings. The van der Waals surface area contributed by atoms with Crippen LogP contribution in [0.4, 0.5) is 4.79 Å². The van der Waals surface area contributed by atoms with Crippen molar-refractivity contribution in [2.24, 2.45) is 10.9 Å². The topological polar surface area (TPSA) is 86.7 Å². The Labute approximate surface area is 193 Å². The van der Waals surface area contributed by atoms with Crippen LogP contribution < -0.4 is 4.74 Å². The highest BCUT2D eigenvalue weighted by atomic mass is 32.2. The summed E-state index contributed by atoms with van der Waals surface area (Å²) in [7, 11) is 3.25. The molecule has 0 bridgehead atoms. The molecule has 0 saturated carbocycles. The summed E-state index contributed by atoms with van der Waals surface area (Å²) in [5.74, 6) is 0.530. The van der Waals surface area contributed by atoms with Gasteiger partial charge in [-0.3, -0.25) is 14.7 Å². The summed E-state index contributed by atoms with van der Waals surface area (Å²) in [6.07, 6.45) is -1.43. The molecule has 0 spiro atoms. The van der Waals surface area contributed by atoms with Crippen LogP contribution in [0.1, 0.15) is 40.2 Å². The molecule has 0 aromatic heterocycles. The second-order valence-electron chi connectivity index (χ2n) is 9.08. The first-order valence-corrected chi connectivity index (χ1v) is 11.5. The maximum atomic E-state index is 12.5. The number of benzene rings is 1. The zero-order valence-electron chi connectivity index (χ0n) is 19.7. The zero-order chi connectivity index (χ0) is 23.6. The third kappa shape index (κ3) is 5.63. The van der Waals surface area contributed by atoms with E-state index < -0.39 is 23.2 Å². The van der Waals surface area contributed by atoms with E-state index >= 15 is 0 Å². The van der Waals surface area contributed by atoms with Gasteiger partial charge in [-0.2, -0.15) is 0 Å². The number of amides is 1. The lowest BCUT2D eigenvalue weighted by Gasteiger charge is -2.40. The molecule has 1 aromatic carbocycles. The average molecular weight is 465 g/mol. The van der Waals surface area contributed by atoms with E-state index in [0.29, 0.717) is 11.8 Å². The third-order valence-electron chi connectivity index (χ3n) is 5.33. The number of nitrogens with zero attached hydrogens (tertiary/aromatic N) is 2. The summed E-state index contributed by atoms with van der Waals surface area (Å²) in [5, 5.41) is 0.490. The molecule has 1 fully saturated rings. The van der Waals surface area contributed by atoms with Crippen LogP contribution in [0.2, 0.25) is 0 Å². The van der Waals surface area contributed by atoms with Crippen LogP contribution >= 0.6 is 11.8 Å². The van der Waals surface area contributed by atoms with Crippen molar-refractivity contribution < 1.29 is 28.5 Å². The van der Waals surface area contributed by atoms with Gasteiger partial charge < -0.3 is 18.9 Å². The molecule has 5 atom stereocenters. The van der Waals surface area contributed by atoms with Crippen LogP contribution in [0.3, 0.4) is 0 Å². The zero-order valence-corrected chi connectivity index (χ0v) is 20.5. The Morgan fingerprint density at radius 1 is 1.22 bits per heavy atom. The summed E-state index contributed by atoms with van der Waals surface area (Å²) >= 11 is 1.31. The van der Waals surface area contributed by atoms with E-state index in [1.165, 1.54) is 23.6 Å². The Kier molecular flexibility index (Phi) is 7.52. The fraction of sp³-hybridized carbons (Fsp3) is 0.609. The number of ketones is 1. The molecule has 1 amide bonds. The molecular weight excluding hydrogens is 432 g/mol. The number of fused-ring (bicyclic) bond motifs is 1. The number of hydrogen-bond donors (Lipinski definition) is 0. The second kappa shape index (κ2) is 9.80. The molecule has 0 N–H and O–H groups in total. The lowest BCUT2D eigenvalue weighted by atomic mass is 9.88. The number of carbonyl (C=O) groups excluding carboxylic acids is 2. The van der Waals surface area contributed by atoms with Crippen molar-refractivity contribution in [1.82, 2.24) is 4.90 Å². The molecule has 1 saturated heterocycles. The van der Waals surface area contributed by atoms with Gasteiger partial charge in [-0.25, -0.2) is 4.79 Å². The van der Waals surface area contributed by atoms with Gasteiger partial charge in [-0.05, 0) is 45.4 Å². The second-order valence-corrected chi connectivity index (χ2v) is 10.1. The van der Waals surface area contributed by atoms with Gasteiger partial charge >= 0.3 is 6.09 Å². The molecule has 2 aliphatic rings. The first kappa shape index (κ1) is 24.5. The van der Waals surface area contributed by atoms with Gasteiger partial charge in [-0.1, -0.05) is 30.8 Å². The number of rotatable bonds is 5. The highest BCUT2D eigenvalue weighted by molar-refractivity contribution is 8.14. The summed E-state index contributed by atoms with van der Waals surface area (Å²) in [5.41, 5.74) is -0.0431. The van der Waals surface area contributed by atoms with E-state index in [-0.39, 0.29) is 23.8 Å². The Morgan fingerprint density at radius 2 is 1.88 bits per heavy atom. The van der Waals surface area contributed by atoms with E-state index in [4.69, 9.17) is 23.9 Å². The Hall–Kier alpha value is -2.10. The highest BCUT2D eigenvalue weighted by Crippen LogP contribution is 2.41. The molecule has 32 heavy (non-hydrogen) atoms. The highest BCUT2D eigenvalue weighted by Gasteiger charge is 2.50. The van der Waals surface area contributed by atoms with E-state index in [1.807, 2.05) is 52.0 Å². The molecule has 1 unspecified atom stereocenters. The van der Waals surface area contributed by atoms with E-state index in [1.54, 1.807) is 14.2 Å². The minimum atomic E-state index is -0.614. The fourth-order valence-electron chi connectivity index (χ4n) is 3.69. The van der Waals surface area contributed by atoms with Crippen molar-refractivity contribution in [1.29, 1.82) is 0 Å². The fourth-order valence-corrected chi connectivity index (χ4v) is 4.84. The largest absolute Gasteiger partial charge is 0.497 e. The van der Waals surface area contributed by atoms with Crippen LogP contribution in [0.15, 0.2) is 29.3 Å². The van der Waals surface area contributed by atoms with Crippen LogP contribution in [0.5, 0.6) is 5.75 Å². The molecule has 176 valence electrons. The van der Waals surface area contributed by atoms with Gasteiger partial charge in [0.1, 0.15) is 28.9 Å². The van der Waals surface area contributed by atoms with E-state index in [9.17, 15) is 9.59 Å². The van der Waals surface area contributed by atoms with Gasteiger partial charge in [0.2, 0.25) is 0 Å². The summed E-state index contributed by atoms with van der Waals surface area (Å²) in [4.78, 5) is 30.9. The molecule has 8 nitrogen and oxygen atoms in total. The maximum Gasteiger partial charge on any atom is 0.416 e. The van der Waals surface area contributed by atoms with Crippen molar-refractivity contribution in [2.75, 3.05) is 14.2 Å². The number of hydrogen-bond acceptors (Lipinski definition) is 8. The quantitative estimate of drug-likeness (QED) is 0.654. The first-order chi connectivity index (χ1) is 15.0. The minimum Gasteiger partial charge on any atom is -0.497 e. The van der Waals surface area contributed by atoms with Gasteiger partial charge in [0, 0.05) is 13.0 Å². The van der Waals surface area contributed by atoms with Crippen molar-refractivity contribution >= 4 is 28.8 Å². The van der Waals surface area contributed by atoms with Gasteiger partial charge in [0.25, 0.3) is 0 Å². The summed E-state index contributed by atoms with van der Waals surface area (Å²) in [6, 6.07) is 7.30. The van der Waals surface area contributed by atoms with Crippen LogP contribution in [-0.2, 0) is 25.6 Å². The van der Waals surface area contributed by atoms with Crippen molar-refractivity contribution in [3.05, 3.63) is 29.8 Å². The van der Waals surface area contributed by atoms with Crippen LogP contribution in [0, 0.1) is 5.92 Å². The minimum absolute atomic E-state index is 0.0523. The Morgan fingerprint density at radius 3 is 2.44 bits per heavy atom. The third-order valence-corrected chi connectivity index (χ3v) is 6.54. The van der Waals surface area contributed by atoms with Crippen molar-refractivity contribution in [2.45, 2.75) is 70.5 Å². The standard InChI is InChI=1S/C23H32N2O6S/c1-13-18(14(2)26)30-20-17(19(13)29-12-15-8-10-16(28-7)11-9-15)24-21(32-20)25(6)22(27)31-23(3,4)5/h8-11,13,17-20H,12H2,1-7H3/t13-,17-,18?,19+,20-/m1/s1. The molecule has 0 aliphatic carbocycles. The summed E-state index contributed by atoms with van der Waals surface area (Å²) < 4.78 is 23.0. The lowest BCUT2D eigenvalue weighted by Crippen LogP contribution is -2.53. The van der Waals surface area contributed by atoms with E-state index in [0.717, 1.165) is 11.3 Å². The number of amidine groups is 1. The SMILES string of the molecule is COc1ccc(CO[C@@H]2[C@H]3N=C(N(C)C(=O)OC(C)(C)C)S[C@H]3OC(C(C)=O)[C@H]2C)cc1. The molecule has 9 heteroatoms. The Balaban J connectivity index is 1.78. The van der Waals surface area contributed by atoms with Crippen LogP contribution in [-0.4, -0.2) is 65.4 Å². The predicted octanol–water partition coefficient (Wildman–Crippen LogP) is 3.87. The number of Topliss-reactive ketones (excluding diaryl/α,β-unsaturated/α-hetero) is 1. The maximum absolute atomic E-state index is 12.5. The number of thioether (sulfide) groups is 1. The average Bonchev–Trinajstić information content (AvgIpc) is 3.15. The molecular formula is C23H32N2O6S. The number of methoxy groups -OCH3 is 1. The number of carbonyl (C=O) groups is 2. The van der Waals surface area contributed by atoms with Gasteiger partial charge in [0.05, 0.1) is 19.8 Å². The molecule has 2 heterocycles. The Bertz CT molecular complexity index is 866. The number of aliphatic imine (C=N–C) groups is 1.